The van der Waals surface area contributed by atoms with Crippen molar-refractivity contribution in [1.82, 2.24) is 4.90 Å². The molecule has 214 valence electrons. The van der Waals surface area contributed by atoms with Crippen molar-refractivity contribution in [3.8, 4) is 0 Å². The predicted octanol–water partition coefficient (Wildman–Crippen LogP) is 8.17. The van der Waals surface area contributed by atoms with E-state index < -0.39 is 11.9 Å². The predicted molar refractivity (Wildman–Crippen MR) is 165 cm³/mol. The molecular formula is C37H31NO5. The molecule has 0 atom stereocenters. The average Bonchev–Trinajstić information content (AvgIpc) is 3.04. The number of amides is 2. The first-order chi connectivity index (χ1) is 21.0. The zero-order chi connectivity index (χ0) is 29.0. The van der Waals surface area contributed by atoms with Crippen LogP contribution in [0, 0.1) is 11.8 Å². The number of nitrogens with zero attached hydrogens (tertiary/aromatic N) is 1. The maximum atomic E-state index is 14.5. The van der Waals surface area contributed by atoms with Crippen LogP contribution in [0.1, 0.15) is 106 Å². The second-order valence-electron chi connectivity index (χ2n) is 13.1. The van der Waals surface area contributed by atoms with Gasteiger partial charge in [-0.2, -0.15) is 0 Å². The number of esters is 2. The number of carbonyl (C=O) groups excluding carboxylic acids is 4. The Morgan fingerprint density at radius 2 is 0.860 bits per heavy atom. The Morgan fingerprint density at radius 3 is 1.28 bits per heavy atom. The summed E-state index contributed by atoms with van der Waals surface area (Å²) in [5.41, 5.74) is 1.95. The minimum Gasteiger partial charge on any atom is -0.386 e. The summed E-state index contributed by atoms with van der Waals surface area (Å²) < 4.78 is 5.00. The molecule has 2 amide bonds. The monoisotopic (exact) mass is 569 g/mol. The Kier molecular flexibility index (Phi) is 5.33. The number of imide groups is 1. The molecule has 0 N–H and O–H groups in total. The highest BCUT2D eigenvalue weighted by molar-refractivity contribution is 6.40. The van der Waals surface area contributed by atoms with E-state index in [0.29, 0.717) is 39.5 Å². The van der Waals surface area contributed by atoms with Crippen molar-refractivity contribution < 1.29 is 23.9 Å². The molecule has 2 fully saturated rings. The van der Waals surface area contributed by atoms with Gasteiger partial charge >= 0.3 is 11.9 Å². The van der Waals surface area contributed by atoms with Crippen LogP contribution < -0.4 is 0 Å². The molecule has 9 rings (SSSR count). The van der Waals surface area contributed by atoms with Crippen molar-refractivity contribution in [2.75, 3.05) is 0 Å². The maximum absolute atomic E-state index is 14.5. The number of ether oxygens (including phenoxy) is 1. The number of carbonyl (C=O) groups is 4. The van der Waals surface area contributed by atoms with E-state index in [4.69, 9.17) is 4.74 Å². The van der Waals surface area contributed by atoms with Gasteiger partial charge in [0.1, 0.15) is 0 Å². The Bertz CT molecular complexity index is 1930. The second kappa shape index (κ2) is 9.09. The maximum Gasteiger partial charge on any atom is 0.346 e. The summed E-state index contributed by atoms with van der Waals surface area (Å²) >= 11 is 0. The van der Waals surface area contributed by atoms with E-state index >= 15 is 0 Å². The van der Waals surface area contributed by atoms with Gasteiger partial charge < -0.3 is 4.74 Å². The number of rotatable bonds is 3. The number of cyclic esters (lactones) is 2. The van der Waals surface area contributed by atoms with Gasteiger partial charge in [-0.05, 0) is 94.1 Å². The number of hydrogen-bond acceptors (Lipinski definition) is 5. The molecule has 5 aromatic rings. The van der Waals surface area contributed by atoms with E-state index in [2.05, 4.69) is 0 Å². The minimum absolute atomic E-state index is 0.0507. The van der Waals surface area contributed by atoms with E-state index in [1.54, 1.807) is 17.0 Å². The lowest BCUT2D eigenvalue weighted by molar-refractivity contribution is 0.0301. The number of fused-ring (bicyclic) bond motifs is 2. The average molecular weight is 570 g/mol. The summed E-state index contributed by atoms with van der Waals surface area (Å²) in [7, 11) is 0. The van der Waals surface area contributed by atoms with Crippen LogP contribution in [0.3, 0.4) is 0 Å². The highest BCUT2D eigenvalue weighted by Crippen LogP contribution is 2.47. The molecule has 2 saturated carbocycles. The van der Waals surface area contributed by atoms with Gasteiger partial charge in [0.05, 0.1) is 11.1 Å². The molecule has 0 saturated heterocycles. The Morgan fingerprint density at radius 1 is 0.488 bits per heavy atom. The van der Waals surface area contributed by atoms with Crippen LogP contribution in [0.4, 0.5) is 0 Å². The van der Waals surface area contributed by atoms with Gasteiger partial charge in [0.2, 0.25) is 0 Å². The molecule has 43 heavy (non-hydrogen) atoms. The van der Waals surface area contributed by atoms with Gasteiger partial charge in [-0.15, -0.1) is 0 Å². The van der Waals surface area contributed by atoms with Crippen molar-refractivity contribution in [2.45, 2.75) is 70.3 Å². The first kappa shape index (κ1) is 25.2. The van der Waals surface area contributed by atoms with Gasteiger partial charge in [-0.3, -0.25) is 14.5 Å². The van der Waals surface area contributed by atoms with E-state index in [1.165, 1.54) is 38.5 Å². The summed E-state index contributed by atoms with van der Waals surface area (Å²) in [5.74, 6) is -0.878. The molecule has 0 bridgehead atoms. The molecule has 2 heterocycles. The summed E-state index contributed by atoms with van der Waals surface area (Å²) in [6.45, 7) is 0. The normalized spacial score (nSPS) is 20.0. The molecule has 0 unspecified atom stereocenters. The molecule has 2 aliphatic heterocycles. The zero-order valence-corrected chi connectivity index (χ0v) is 23.9. The van der Waals surface area contributed by atoms with Gasteiger partial charge in [-0.1, -0.05) is 62.8 Å². The topological polar surface area (TPSA) is 80.8 Å². The van der Waals surface area contributed by atoms with Crippen molar-refractivity contribution in [1.29, 1.82) is 0 Å². The highest BCUT2D eigenvalue weighted by atomic mass is 16.6. The van der Waals surface area contributed by atoms with Gasteiger partial charge in [-0.25, -0.2) is 9.59 Å². The first-order valence-electron chi connectivity index (χ1n) is 15.9. The second-order valence-corrected chi connectivity index (χ2v) is 13.1. The Balaban J connectivity index is 1.28. The van der Waals surface area contributed by atoms with E-state index in [1.807, 2.05) is 36.4 Å². The number of hydrogen-bond donors (Lipinski definition) is 0. The number of benzene rings is 5. The summed E-state index contributed by atoms with van der Waals surface area (Å²) in [4.78, 5) is 56.0. The third kappa shape index (κ3) is 3.35. The van der Waals surface area contributed by atoms with Gasteiger partial charge in [0.25, 0.3) is 11.8 Å². The van der Waals surface area contributed by atoms with Crippen molar-refractivity contribution in [3.63, 3.8) is 0 Å². The minimum atomic E-state index is -0.640. The Labute approximate surface area is 248 Å². The van der Waals surface area contributed by atoms with Gasteiger partial charge in [0.15, 0.2) is 0 Å². The quantitative estimate of drug-likeness (QED) is 0.0720. The lowest BCUT2D eigenvalue weighted by Crippen LogP contribution is -2.54. The molecule has 0 radical (unpaired) electrons. The summed E-state index contributed by atoms with van der Waals surface area (Å²) in [6.07, 6.45) is 11.5. The summed E-state index contributed by atoms with van der Waals surface area (Å²) in [5, 5.41) is 6.64. The summed E-state index contributed by atoms with van der Waals surface area (Å²) in [6, 6.07) is 15.0. The van der Waals surface area contributed by atoms with Crippen LogP contribution in [0.25, 0.3) is 43.1 Å². The molecular weight excluding hydrogens is 538 g/mol. The molecule has 4 aliphatic rings. The van der Waals surface area contributed by atoms with Crippen molar-refractivity contribution in [3.05, 3.63) is 70.8 Å². The highest BCUT2D eigenvalue weighted by Gasteiger charge is 2.44. The fraction of sp³-hybridized carbons (Fsp3) is 0.351. The fourth-order valence-corrected chi connectivity index (χ4v) is 9.16. The SMILES string of the molecule is O=C1OC(=O)c2ccc3c4ccc5c6c(ccc(c7ccc1c2c73)c64)C(=O)N(C(C1CCCCC1)C1CCCCC1)C5=O. The van der Waals surface area contributed by atoms with Crippen molar-refractivity contribution >= 4 is 66.8 Å². The van der Waals surface area contributed by atoms with E-state index in [0.717, 1.165) is 63.4 Å². The van der Waals surface area contributed by atoms with E-state index in [-0.39, 0.29) is 17.9 Å². The van der Waals surface area contributed by atoms with E-state index in [9.17, 15) is 19.2 Å². The molecule has 2 aliphatic carbocycles. The third-order valence-electron chi connectivity index (χ3n) is 11.0. The van der Waals surface area contributed by atoms with Crippen LogP contribution in [-0.2, 0) is 4.74 Å². The lowest BCUT2D eigenvalue weighted by Gasteiger charge is -2.44. The van der Waals surface area contributed by atoms with Crippen LogP contribution in [0.5, 0.6) is 0 Å². The Hall–Kier alpha value is -4.32. The standard InChI is InChI=1S/C37H31NO5/c39-34-25-15-11-21-23-13-17-27-32-28(37(42)43-36(27)41)18-14-24(30(23)32)22-12-16-26(31(25)29(21)22)35(40)38(34)33(19-7-3-1-4-8-19)20-9-5-2-6-10-20/h11-20,33H,1-10H2. The molecule has 6 nitrogen and oxygen atoms in total. The molecule has 6 heteroatoms. The molecule has 0 aromatic heterocycles. The zero-order valence-electron chi connectivity index (χ0n) is 23.9. The van der Waals surface area contributed by atoms with Crippen LogP contribution >= 0.6 is 0 Å². The van der Waals surface area contributed by atoms with Gasteiger partial charge in [0, 0.05) is 27.9 Å². The van der Waals surface area contributed by atoms with Crippen LogP contribution in [-0.4, -0.2) is 34.7 Å². The first-order valence-corrected chi connectivity index (χ1v) is 15.9. The largest absolute Gasteiger partial charge is 0.386 e. The van der Waals surface area contributed by atoms with Crippen LogP contribution in [0.2, 0.25) is 0 Å². The van der Waals surface area contributed by atoms with Crippen LogP contribution in [0.15, 0.2) is 48.5 Å². The lowest BCUT2D eigenvalue weighted by atomic mass is 9.72. The van der Waals surface area contributed by atoms with Crippen molar-refractivity contribution in [2.24, 2.45) is 11.8 Å². The third-order valence-corrected chi connectivity index (χ3v) is 11.0. The molecule has 5 aromatic carbocycles. The molecule has 0 spiro atoms. The fourth-order valence-electron chi connectivity index (χ4n) is 9.16. The smallest absolute Gasteiger partial charge is 0.346 e.